The van der Waals surface area contributed by atoms with Crippen LogP contribution in [0.5, 0.6) is 0 Å². The molecular formula is C16H22N4O2. The summed E-state index contributed by atoms with van der Waals surface area (Å²) in [6.07, 6.45) is 6.89. The van der Waals surface area contributed by atoms with E-state index in [9.17, 15) is 4.79 Å². The molecule has 1 aromatic heterocycles. The van der Waals surface area contributed by atoms with Crippen LogP contribution in [0, 0.1) is 12.8 Å². The number of likely N-dealkylation sites (tertiary alicyclic amines) is 1. The number of hydrogen-bond donors (Lipinski definition) is 0. The van der Waals surface area contributed by atoms with Gasteiger partial charge in [0.05, 0.1) is 18.1 Å². The number of aromatic nitrogens is 2. The normalized spacial score (nSPS) is 30.9. The minimum absolute atomic E-state index is 0.0125. The highest BCUT2D eigenvalue weighted by Gasteiger charge is 2.46. The molecule has 22 heavy (non-hydrogen) atoms. The Bertz CT molecular complexity index is 556. The number of carbonyl (C=O) groups is 1. The molecule has 1 aromatic rings. The molecule has 0 aromatic carbocycles. The highest BCUT2D eigenvalue weighted by molar-refractivity contribution is 5.80. The van der Waals surface area contributed by atoms with Crippen LogP contribution >= 0.6 is 0 Å². The zero-order chi connectivity index (χ0) is 15.1. The fourth-order valence-electron chi connectivity index (χ4n) is 3.80. The van der Waals surface area contributed by atoms with E-state index >= 15 is 0 Å². The quantitative estimate of drug-likeness (QED) is 0.816. The third-order valence-electron chi connectivity index (χ3n) is 4.94. The van der Waals surface area contributed by atoms with Gasteiger partial charge < -0.3 is 14.5 Å². The van der Waals surface area contributed by atoms with Crippen LogP contribution < -0.4 is 4.90 Å². The smallest absolute Gasteiger partial charge is 0.228 e. The lowest BCUT2D eigenvalue weighted by Gasteiger charge is -2.33. The van der Waals surface area contributed by atoms with Crippen LogP contribution in [0.1, 0.15) is 24.8 Å². The fourth-order valence-corrected chi connectivity index (χ4v) is 3.80. The Labute approximate surface area is 130 Å². The molecule has 118 valence electrons. The number of nitrogens with zero attached hydrogens (tertiary/aromatic N) is 4. The summed E-state index contributed by atoms with van der Waals surface area (Å²) < 4.78 is 6.02. The average molecular weight is 302 g/mol. The molecule has 6 heteroatoms. The minimum Gasteiger partial charge on any atom is -0.370 e. The highest BCUT2D eigenvalue weighted by atomic mass is 16.5. The number of hydrogen-bond acceptors (Lipinski definition) is 5. The van der Waals surface area contributed by atoms with Gasteiger partial charge >= 0.3 is 0 Å². The molecule has 3 aliphatic rings. The molecule has 3 atom stereocenters. The summed E-state index contributed by atoms with van der Waals surface area (Å²) in [4.78, 5) is 25.7. The van der Waals surface area contributed by atoms with Crippen LogP contribution in [0.4, 0.5) is 5.95 Å². The monoisotopic (exact) mass is 302 g/mol. The Hall–Kier alpha value is -1.69. The number of amides is 1. The first kappa shape index (κ1) is 13.9. The molecule has 1 amide bonds. The van der Waals surface area contributed by atoms with E-state index in [0.29, 0.717) is 6.54 Å². The molecular weight excluding hydrogens is 280 g/mol. The molecule has 2 bridgehead atoms. The van der Waals surface area contributed by atoms with Crippen LogP contribution in [0.15, 0.2) is 12.4 Å². The molecule has 3 aliphatic heterocycles. The van der Waals surface area contributed by atoms with Crippen molar-refractivity contribution in [1.82, 2.24) is 14.9 Å². The van der Waals surface area contributed by atoms with Crippen molar-refractivity contribution in [2.24, 2.45) is 5.92 Å². The molecule has 4 rings (SSSR count). The van der Waals surface area contributed by atoms with Gasteiger partial charge in [0.2, 0.25) is 11.9 Å². The lowest BCUT2D eigenvalue weighted by Crippen LogP contribution is -2.46. The summed E-state index contributed by atoms with van der Waals surface area (Å²) >= 11 is 0. The van der Waals surface area contributed by atoms with Crippen molar-refractivity contribution in [3.8, 4) is 0 Å². The zero-order valence-electron chi connectivity index (χ0n) is 12.9. The molecule has 0 unspecified atom stereocenters. The summed E-state index contributed by atoms with van der Waals surface area (Å²) in [5.74, 6) is 1.05. The summed E-state index contributed by atoms with van der Waals surface area (Å²) in [5, 5.41) is 0. The first-order valence-electron chi connectivity index (χ1n) is 8.18. The van der Waals surface area contributed by atoms with Crippen molar-refractivity contribution in [3.05, 3.63) is 18.0 Å². The number of fused-ring (bicyclic) bond motifs is 2. The zero-order valence-corrected chi connectivity index (χ0v) is 12.9. The largest absolute Gasteiger partial charge is 0.370 e. The molecule has 3 fully saturated rings. The van der Waals surface area contributed by atoms with Gasteiger partial charge in [-0.1, -0.05) is 0 Å². The third-order valence-corrected chi connectivity index (χ3v) is 4.94. The van der Waals surface area contributed by atoms with Gasteiger partial charge in [-0.2, -0.15) is 0 Å². The van der Waals surface area contributed by atoms with Gasteiger partial charge in [0, 0.05) is 38.6 Å². The Morgan fingerprint density at radius 1 is 1.23 bits per heavy atom. The number of ether oxygens (including phenoxy) is 1. The first-order valence-corrected chi connectivity index (χ1v) is 8.18. The van der Waals surface area contributed by atoms with Gasteiger partial charge in [-0.25, -0.2) is 9.97 Å². The molecule has 3 saturated heterocycles. The highest BCUT2D eigenvalue weighted by Crippen LogP contribution is 2.34. The second-order valence-electron chi connectivity index (χ2n) is 6.64. The molecule has 0 spiro atoms. The lowest BCUT2D eigenvalue weighted by atomic mass is 9.99. The fraction of sp³-hybridized carbons (Fsp3) is 0.688. The predicted molar refractivity (Wildman–Crippen MR) is 81.6 cm³/mol. The van der Waals surface area contributed by atoms with Crippen molar-refractivity contribution in [2.45, 2.75) is 38.4 Å². The summed E-state index contributed by atoms with van der Waals surface area (Å²) in [5.41, 5.74) is 1.06. The van der Waals surface area contributed by atoms with Crippen LogP contribution in [0.3, 0.4) is 0 Å². The topological polar surface area (TPSA) is 58.6 Å². The maximum absolute atomic E-state index is 12.7. The van der Waals surface area contributed by atoms with Crippen LogP contribution in [0.2, 0.25) is 0 Å². The minimum atomic E-state index is -0.0169. The predicted octanol–water partition coefficient (Wildman–Crippen LogP) is 1.00. The Balaban J connectivity index is 1.47. The van der Waals surface area contributed by atoms with Gasteiger partial charge in [-0.05, 0) is 31.7 Å². The lowest BCUT2D eigenvalue weighted by molar-refractivity contribution is -0.136. The molecule has 6 nitrogen and oxygen atoms in total. The molecule has 0 aliphatic carbocycles. The van der Waals surface area contributed by atoms with E-state index in [2.05, 4.69) is 14.9 Å². The second-order valence-corrected chi connectivity index (χ2v) is 6.64. The number of aryl methyl sites for hydroxylation is 1. The van der Waals surface area contributed by atoms with Crippen LogP contribution in [-0.2, 0) is 9.53 Å². The maximum Gasteiger partial charge on any atom is 0.228 e. The van der Waals surface area contributed by atoms with E-state index in [0.717, 1.165) is 50.4 Å². The van der Waals surface area contributed by atoms with E-state index in [4.69, 9.17) is 4.74 Å². The van der Waals surface area contributed by atoms with Crippen molar-refractivity contribution < 1.29 is 9.53 Å². The molecule has 0 N–H and O–H groups in total. The summed E-state index contributed by atoms with van der Waals surface area (Å²) in [6, 6.07) is 0. The van der Waals surface area contributed by atoms with Gasteiger partial charge in [-0.3, -0.25) is 4.79 Å². The number of anilines is 1. The van der Waals surface area contributed by atoms with Gasteiger partial charge in [0.15, 0.2) is 0 Å². The Morgan fingerprint density at radius 2 is 1.95 bits per heavy atom. The summed E-state index contributed by atoms with van der Waals surface area (Å²) in [6.45, 7) is 5.31. The van der Waals surface area contributed by atoms with Crippen LogP contribution in [-0.4, -0.2) is 59.2 Å². The van der Waals surface area contributed by atoms with Gasteiger partial charge in [-0.15, -0.1) is 0 Å². The number of carbonyl (C=O) groups excluding carboxylic acids is 1. The maximum atomic E-state index is 12.7. The molecule has 4 heterocycles. The number of rotatable bonds is 2. The number of morpholine rings is 1. The van der Waals surface area contributed by atoms with Crippen molar-refractivity contribution >= 4 is 11.9 Å². The first-order chi connectivity index (χ1) is 10.7. The Morgan fingerprint density at radius 3 is 2.68 bits per heavy atom. The average Bonchev–Trinajstić information content (AvgIpc) is 3.15. The van der Waals surface area contributed by atoms with E-state index in [-0.39, 0.29) is 24.0 Å². The molecule has 0 radical (unpaired) electrons. The van der Waals surface area contributed by atoms with Gasteiger partial charge in [0.1, 0.15) is 0 Å². The standard InChI is InChI=1S/C16H22N4O2/c1-11-7-17-16(18-8-11)20-9-12-6-13(14(10-20)22-12)15(21)19-4-2-3-5-19/h7-8,12-14H,2-6,9-10H2,1H3/t12-,13+,14-/m1/s1. The molecule has 0 saturated carbocycles. The van der Waals surface area contributed by atoms with E-state index in [1.54, 1.807) is 0 Å². The van der Waals surface area contributed by atoms with Gasteiger partial charge in [0.25, 0.3) is 0 Å². The van der Waals surface area contributed by atoms with E-state index in [1.165, 1.54) is 0 Å². The Kier molecular flexibility index (Phi) is 3.48. The third kappa shape index (κ3) is 2.45. The SMILES string of the molecule is Cc1cnc(N2C[C@H]3C[C@H](C(=O)N4CCCC4)[C@@H](C2)O3)nc1. The summed E-state index contributed by atoms with van der Waals surface area (Å²) in [7, 11) is 0. The van der Waals surface area contributed by atoms with E-state index in [1.807, 2.05) is 24.2 Å². The van der Waals surface area contributed by atoms with Crippen molar-refractivity contribution in [2.75, 3.05) is 31.1 Å². The second kappa shape index (κ2) is 5.50. The van der Waals surface area contributed by atoms with Crippen molar-refractivity contribution in [1.29, 1.82) is 0 Å². The van der Waals surface area contributed by atoms with Crippen LogP contribution in [0.25, 0.3) is 0 Å². The van der Waals surface area contributed by atoms with E-state index < -0.39 is 0 Å². The van der Waals surface area contributed by atoms with Crippen molar-refractivity contribution in [3.63, 3.8) is 0 Å².